The molecule has 0 spiro atoms. The number of hydrogen-bond acceptors (Lipinski definition) is 4. The first kappa shape index (κ1) is 10.2. The van der Waals surface area contributed by atoms with Crippen LogP contribution in [0.1, 0.15) is 18.4 Å². The van der Waals surface area contributed by atoms with Gasteiger partial charge in [0.15, 0.2) is 0 Å². The molecule has 0 bridgehead atoms. The van der Waals surface area contributed by atoms with E-state index in [1.165, 1.54) is 6.42 Å². The molecule has 1 aliphatic heterocycles. The lowest BCUT2D eigenvalue weighted by Crippen LogP contribution is -2.39. The summed E-state index contributed by atoms with van der Waals surface area (Å²) >= 11 is 1.68. The molecule has 1 N–H and O–H groups in total. The Hall–Kier alpha value is -0.940. The van der Waals surface area contributed by atoms with Crippen molar-refractivity contribution >= 4 is 17.2 Å². The summed E-state index contributed by atoms with van der Waals surface area (Å²) in [6.07, 6.45) is 3.04. The van der Waals surface area contributed by atoms with Gasteiger partial charge in [0.25, 0.3) is 0 Å². The Bertz CT molecular complexity index is 405. The van der Waals surface area contributed by atoms with Gasteiger partial charge in [0.05, 0.1) is 0 Å². The third-order valence-electron chi connectivity index (χ3n) is 3.67. The van der Waals surface area contributed by atoms with E-state index in [-0.39, 0.29) is 11.4 Å². The zero-order valence-corrected chi connectivity index (χ0v) is 10.1. The molecule has 1 aromatic rings. The summed E-state index contributed by atoms with van der Waals surface area (Å²) in [6.45, 7) is 4.29. The number of nitrogens with one attached hydrogen (secondary N) is 1. The third-order valence-corrected chi connectivity index (χ3v) is 4.45. The maximum Gasteiger partial charge on any atom is 0.219 e. The van der Waals surface area contributed by atoms with Crippen molar-refractivity contribution in [1.82, 2.24) is 15.2 Å². The Morgan fingerprint density at radius 3 is 3.31 bits per heavy atom. The summed E-state index contributed by atoms with van der Waals surface area (Å²) in [5, 5.41) is 6.70. The van der Waals surface area contributed by atoms with Crippen molar-refractivity contribution in [2.24, 2.45) is 5.92 Å². The molecule has 86 valence electrons. The lowest BCUT2D eigenvalue weighted by atomic mass is 10.2. The summed E-state index contributed by atoms with van der Waals surface area (Å²) in [4.78, 5) is 17.5. The summed E-state index contributed by atoms with van der Waals surface area (Å²) in [7, 11) is 0. The number of hydrogen-bond donors (Lipinski definition) is 1. The number of piperidine rings is 1. The molecule has 2 heterocycles. The van der Waals surface area contributed by atoms with Crippen LogP contribution in [0.25, 0.3) is 0 Å². The number of amides is 1. The summed E-state index contributed by atoms with van der Waals surface area (Å²) in [5.41, 5.74) is 0.206. The van der Waals surface area contributed by atoms with E-state index in [0.29, 0.717) is 5.92 Å². The molecule has 1 amide bonds. The number of nitrogens with zero attached hydrogens (tertiary/aromatic N) is 2. The largest absolute Gasteiger partial charge is 0.341 e. The molecule has 0 unspecified atom stereocenters. The highest BCUT2D eigenvalue weighted by molar-refractivity contribution is 7.09. The van der Waals surface area contributed by atoms with E-state index < -0.39 is 0 Å². The highest BCUT2D eigenvalue weighted by Gasteiger charge is 2.60. The molecule has 2 atom stereocenters. The fourth-order valence-corrected chi connectivity index (χ4v) is 3.15. The van der Waals surface area contributed by atoms with Crippen LogP contribution < -0.4 is 5.32 Å². The second kappa shape index (κ2) is 3.53. The van der Waals surface area contributed by atoms with Crippen molar-refractivity contribution < 1.29 is 4.79 Å². The monoisotopic (exact) mass is 237 g/mol. The van der Waals surface area contributed by atoms with Gasteiger partial charge in [-0.1, -0.05) is 0 Å². The standard InChI is InChI=1S/C11H15N3OS/c1-8(15)14-6-9-4-11(9,7-14)13-5-10-12-2-3-16-10/h2-3,9,13H,4-7H2,1H3/t9-,11-/m1/s1. The molecule has 1 saturated heterocycles. The molecule has 16 heavy (non-hydrogen) atoms. The van der Waals surface area contributed by atoms with E-state index in [9.17, 15) is 4.79 Å². The quantitative estimate of drug-likeness (QED) is 0.848. The Balaban J connectivity index is 1.59. The summed E-state index contributed by atoms with van der Waals surface area (Å²) in [5.74, 6) is 0.860. The SMILES string of the molecule is CC(=O)N1C[C@H]2C[C@@]2(NCc2nccs2)C1. The van der Waals surface area contributed by atoms with Crippen molar-refractivity contribution in [2.75, 3.05) is 13.1 Å². The molecule has 3 rings (SSSR count). The molecule has 0 aromatic carbocycles. The summed E-state index contributed by atoms with van der Waals surface area (Å²) in [6, 6.07) is 0. The van der Waals surface area contributed by atoms with E-state index >= 15 is 0 Å². The van der Waals surface area contributed by atoms with Gasteiger partial charge in [-0.15, -0.1) is 11.3 Å². The zero-order chi connectivity index (χ0) is 11.2. The van der Waals surface area contributed by atoms with Gasteiger partial charge in [0.2, 0.25) is 5.91 Å². The van der Waals surface area contributed by atoms with Crippen LogP contribution in [0.15, 0.2) is 11.6 Å². The predicted molar refractivity (Wildman–Crippen MR) is 62.0 cm³/mol. The average Bonchev–Trinajstić information content (AvgIpc) is 2.73. The van der Waals surface area contributed by atoms with Gasteiger partial charge in [-0.3, -0.25) is 4.79 Å². The van der Waals surface area contributed by atoms with Crippen LogP contribution >= 0.6 is 11.3 Å². The lowest BCUT2D eigenvalue weighted by molar-refractivity contribution is -0.128. The van der Waals surface area contributed by atoms with Crippen LogP contribution in [-0.4, -0.2) is 34.4 Å². The first-order valence-corrected chi connectivity index (χ1v) is 6.46. The molecule has 2 aliphatic rings. The molecular formula is C11H15N3OS. The van der Waals surface area contributed by atoms with Crippen LogP contribution in [0.2, 0.25) is 0 Å². The van der Waals surface area contributed by atoms with E-state index in [4.69, 9.17) is 0 Å². The Morgan fingerprint density at radius 1 is 1.81 bits per heavy atom. The van der Waals surface area contributed by atoms with Gasteiger partial charge >= 0.3 is 0 Å². The lowest BCUT2D eigenvalue weighted by Gasteiger charge is -2.19. The van der Waals surface area contributed by atoms with Gasteiger partial charge in [0.1, 0.15) is 5.01 Å². The van der Waals surface area contributed by atoms with Gasteiger partial charge in [-0.2, -0.15) is 0 Å². The number of thiazole rings is 1. The van der Waals surface area contributed by atoms with Gasteiger partial charge in [-0.05, 0) is 12.3 Å². The van der Waals surface area contributed by atoms with Crippen molar-refractivity contribution in [3.05, 3.63) is 16.6 Å². The number of carbonyl (C=O) groups is 1. The Kier molecular flexibility index (Phi) is 2.26. The van der Waals surface area contributed by atoms with Crippen LogP contribution in [0, 0.1) is 5.92 Å². The summed E-state index contributed by atoms with van der Waals surface area (Å²) < 4.78 is 0. The molecule has 4 nitrogen and oxygen atoms in total. The van der Waals surface area contributed by atoms with Crippen molar-refractivity contribution in [3.63, 3.8) is 0 Å². The fourth-order valence-electron chi connectivity index (χ4n) is 2.59. The molecular weight excluding hydrogens is 222 g/mol. The van der Waals surface area contributed by atoms with Crippen molar-refractivity contribution in [3.8, 4) is 0 Å². The number of rotatable bonds is 3. The Labute approximate surface area is 98.7 Å². The minimum absolute atomic E-state index is 0.197. The first-order chi connectivity index (χ1) is 7.70. The topological polar surface area (TPSA) is 45.2 Å². The fraction of sp³-hybridized carbons (Fsp3) is 0.636. The molecule has 1 aliphatic carbocycles. The normalized spacial score (nSPS) is 31.6. The van der Waals surface area contributed by atoms with E-state index in [2.05, 4.69) is 10.3 Å². The van der Waals surface area contributed by atoms with E-state index in [1.54, 1.807) is 18.3 Å². The smallest absolute Gasteiger partial charge is 0.219 e. The van der Waals surface area contributed by atoms with Gasteiger partial charge in [-0.25, -0.2) is 4.98 Å². The van der Waals surface area contributed by atoms with Crippen LogP contribution in [0.3, 0.4) is 0 Å². The molecule has 5 heteroatoms. The maximum absolute atomic E-state index is 11.3. The highest BCUT2D eigenvalue weighted by atomic mass is 32.1. The van der Waals surface area contributed by atoms with Crippen molar-refractivity contribution in [2.45, 2.75) is 25.4 Å². The Morgan fingerprint density at radius 2 is 2.69 bits per heavy atom. The third kappa shape index (κ3) is 1.64. The van der Waals surface area contributed by atoms with Crippen molar-refractivity contribution in [1.29, 1.82) is 0 Å². The molecule has 0 radical (unpaired) electrons. The van der Waals surface area contributed by atoms with E-state index in [1.807, 2.05) is 16.5 Å². The van der Waals surface area contributed by atoms with Crippen LogP contribution in [-0.2, 0) is 11.3 Å². The maximum atomic E-state index is 11.3. The van der Waals surface area contributed by atoms with Gasteiger partial charge in [0, 0.05) is 43.7 Å². The minimum Gasteiger partial charge on any atom is -0.341 e. The van der Waals surface area contributed by atoms with Crippen LogP contribution in [0.5, 0.6) is 0 Å². The number of aromatic nitrogens is 1. The molecule has 1 aromatic heterocycles. The second-order valence-corrected chi connectivity index (χ2v) is 5.72. The molecule has 1 saturated carbocycles. The minimum atomic E-state index is 0.197. The molecule has 2 fully saturated rings. The van der Waals surface area contributed by atoms with Crippen LogP contribution in [0.4, 0.5) is 0 Å². The van der Waals surface area contributed by atoms with Gasteiger partial charge < -0.3 is 10.2 Å². The number of carbonyl (C=O) groups excluding carboxylic acids is 1. The second-order valence-electron chi connectivity index (χ2n) is 4.74. The number of fused-ring (bicyclic) bond motifs is 1. The van der Waals surface area contributed by atoms with E-state index in [0.717, 1.165) is 24.6 Å². The zero-order valence-electron chi connectivity index (χ0n) is 9.27. The highest BCUT2D eigenvalue weighted by Crippen LogP contribution is 2.49. The average molecular weight is 237 g/mol. The first-order valence-electron chi connectivity index (χ1n) is 5.58. The predicted octanol–water partition coefficient (Wildman–Crippen LogP) is 0.853. The number of likely N-dealkylation sites (tertiary alicyclic amines) is 1.